The molecule has 0 N–H and O–H groups in total. The van der Waals surface area contributed by atoms with Gasteiger partial charge in [0.2, 0.25) is 0 Å². The second-order valence-corrected chi connectivity index (χ2v) is 6.48. The average molecular weight is 298 g/mol. The molecule has 2 unspecified atom stereocenters. The summed E-state index contributed by atoms with van der Waals surface area (Å²) in [6, 6.07) is 7.39. The fourth-order valence-electron chi connectivity index (χ4n) is 1.92. The summed E-state index contributed by atoms with van der Waals surface area (Å²) in [7, 11) is 1.91. The summed E-state index contributed by atoms with van der Waals surface area (Å²) < 4.78 is 5.42. The van der Waals surface area contributed by atoms with Crippen molar-refractivity contribution >= 4 is 17.6 Å². The predicted molar refractivity (Wildman–Crippen MR) is 82.9 cm³/mol. The second-order valence-electron chi connectivity index (χ2n) is 6.07. The Morgan fingerprint density at radius 1 is 1.25 bits per heavy atom. The van der Waals surface area contributed by atoms with E-state index in [4.69, 9.17) is 16.3 Å². The number of hydrogen-bond acceptors (Lipinski definition) is 3. The fourth-order valence-corrected chi connectivity index (χ4v) is 2.22. The molecule has 1 rings (SSSR count). The van der Waals surface area contributed by atoms with Gasteiger partial charge in [-0.1, -0.05) is 29.8 Å². The van der Waals surface area contributed by atoms with Gasteiger partial charge in [0.05, 0.1) is 0 Å². The molecular formula is C16H24ClNO2. The van der Waals surface area contributed by atoms with E-state index in [1.807, 2.05) is 70.8 Å². The molecule has 0 bridgehead atoms. The molecule has 0 aliphatic heterocycles. The Bertz CT molecular complexity index is 468. The zero-order valence-corrected chi connectivity index (χ0v) is 13.9. The zero-order chi connectivity index (χ0) is 15.5. The molecule has 0 saturated heterocycles. The van der Waals surface area contributed by atoms with Gasteiger partial charge in [-0.3, -0.25) is 9.69 Å². The van der Waals surface area contributed by atoms with Crippen molar-refractivity contribution in [2.24, 2.45) is 0 Å². The van der Waals surface area contributed by atoms with E-state index in [1.165, 1.54) is 0 Å². The van der Waals surface area contributed by atoms with Crippen LogP contribution < -0.4 is 0 Å². The Balaban J connectivity index is 2.81. The lowest BCUT2D eigenvalue weighted by molar-refractivity contribution is -0.161. The van der Waals surface area contributed by atoms with E-state index in [2.05, 4.69) is 0 Å². The monoisotopic (exact) mass is 297 g/mol. The van der Waals surface area contributed by atoms with Crippen LogP contribution in [0.3, 0.4) is 0 Å². The van der Waals surface area contributed by atoms with Crippen molar-refractivity contribution in [3.05, 3.63) is 34.9 Å². The number of carbonyl (C=O) groups excluding carboxylic acids is 1. The van der Waals surface area contributed by atoms with Gasteiger partial charge >= 0.3 is 5.97 Å². The van der Waals surface area contributed by atoms with Crippen LogP contribution in [0.15, 0.2) is 24.3 Å². The number of likely N-dealkylation sites (N-methyl/N-ethyl adjacent to an activating group) is 1. The Hall–Kier alpha value is -1.06. The lowest BCUT2D eigenvalue weighted by Gasteiger charge is -2.32. The number of benzene rings is 1. The van der Waals surface area contributed by atoms with Crippen LogP contribution in [0.4, 0.5) is 0 Å². The number of carbonyl (C=O) groups is 1. The molecule has 0 fully saturated rings. The van der Waals surface area contributed by atoms with Crippen LogP contribution in [0.25, 0.3) is 0 Å². The molecule has 1 aromatic carbocycles. The van der Waals surface area contributed by atoms with Gasteiger partial charge in [-0.05, 0) is 53.3 Å². The normalized spacial score (nSPS) is 15.0. The smallest absolute Gasteiger partial charge is 0.323 e. The van der Waals surface area contributed by atoms with E-state index >= 15 is 0 Å². The van der Waals surface area contributed by atoms with E-state index in [0.717, 1.165) is 5.56 Å². The Labute approximate surface area is 126 Å². The van der Waals surface area contributed by atoms with Crippen molar-refractivity contribution in [1.82, 2.24) is 4.90 Å². The van der Waals surface area contributed by atoms with E-state index in [0.29, 0.717) is 5.02 Å². The Morgan fingerprint density at radius 2 is 1.80 bits per heavy atom. The first kappa shape index (κ1) is 17.0. The highest BCUT2D eigenvalue weighted by molar-refractivity contribution is 6.31. The van der Waals surface area contributed by atoms with Crippen molar-refractivity contribution in [3.63, 3.8) is 0 Å². The Kier molecular flexibility index (Phi) is 5.60. The van der Waals surface area contributed by atoms with Crippen LogP contribution in [0.2, 0.25) is 5.02 Å². The maximum absolute atomic E-state index is 12.1. The van der Waals surface area contributed by atoms with E-state index in [-0.39, 0.29) is 18.1 Å². The van der Waals surface area contributed by atoms with Gasteiger partial charge < -0.3 is 4.74 Å². The van der Waals surface area contributed by atoms with Gasteiger partial charge in [0.1, 0.15) is 11.6 Å². The SMILES string of the molecule is CC(C(=O)OC(C)(C)C)N(C)C(C)c1ccccc1Cl. The highest BCUT2D eigenvalue weighted by Crippen LogP contribution is 2.27. The topological polar surface area (TPSA) is 29.5 Å². The quantitative estimate of drug-likeness (QED) is 0.785. The molecule has 0 heterocycles. The van der Waals surface area contributed by atoms with Crippen molar-refractivity contribution in [1.29, 1.82) is 0 Å². The van der Waals surface area contributed by atoms with Crippen LogP contribution in [0.1, 0.15) is 46.2 Å². The highest BCUT2D eigenvalue weighted by atomic mass is 35.5. The zero-order valence-electron chi connectivity index (χ0n) is 13.1. The van der Waals surface area contributed by atoms with Crippen molar-refractivity contribution in [2.45, 2.75) is 52.3 Å². The molecule has 0 amide bonds. The van der Waals surface area contributed by atoms with Gasteiger partial charge in [-0.15, -0.1) is 0 Å². The van der Waals surface area contributed by atoms with Crippen LogP contribution in [0.5, 0.6) is 0 Å². The molecule has 0 aliphatic rings. The maximum atomic E-state index is 12.1. The summed E-state index contributed by atoms with van der Waals surface area (Å²) in [6.07, 6.45) is 0. The second kappa shape index (κ2) is 6.59. The lowest BCUT2D eigenvalue weighted by atomic mass is 10.1. The fraction of sp³-hybridized carbons (Fsp3) is 0.562. The van der Waals surface area contributed by atoms with Crippen LogP contribution in [-0.2, 0) is 9.53 Å². The van der Waals surface area contributed by atoms with Gasteiger partial charge in [0.15, 0.2) is 0 Å². The van der Waals surface area contributed by atoms with E-state index in [9.17, 15) is 4.79 Å². The van der Waals surface area contributed by atoms with Gasteiger partial charge in [-0.25, -0.2) is 0 Å². The molecule has 0 aliphatic carbocycles. The third kappa shape index (κ3) is 4.50. The minimum Gasteiger partial charge on any atom is -0.459 e. The lowest BCUT2D eigenvalue weighted by Crippen LogP contribution is -2.41. The summed E-state index contributed by atoms with van der Waals surface area (Å²) in [4.78, 5) is 14.1. The summed E-state index contributed by atoms with van der Waals surface area (Å²) in [5, 5.41) is 0.711. The Morgan fingerprint density at radius 3 is 2.30 bits per heavy atom. The minimum absolute atomic E-state index is 0.0335. The van der Waals surface area contributed by atoms with E-state index in [1.54, 1.807) is 0 Å². The standard InChI is InChI=1S/C16H24ClNO2/c1-11(13-9-7-8-10-14(13)17)18(6)12(2)15(19)20-16(3,4)5/h7-12H,1-6H3. The van der Waals surface area contributed by atoms with Gasteiger partial charge in [0, 0.05) is 11.1 Å². The van der Waals surface area contributed by atoms with Crippen molar-refractivity contribution in [3.8, 4) is 0 Å². The largest absolute Gasteiger partial charge is 0.459 e. The number of nitrogens with zero attached hydrogens (tertiary/aromatic N) is 1. The molecule has 0 saturated carbocycles. The van der Waals surface area contributed by atoms with Crippen molar-refractivity contribution < 1.29 is 9.53 Å². The molecule has 0 aromatic heterocycles. The molecule has 2 atom stereocenters. The number of rotatable bonds is 4. The number of hydrogen-bond donors (Lipinski definition) is 0. The maximum Gasteiger partial charge on any atom is 0.323 e. The molecule has 0 spiro atoms. The molecule has 112 valence electrons. The first-order chi connectivity index (χ1) is 9.13. The molecule has 3 nitrogen and oxygen atoms in total. The average Bonchev–Trinajstić information content (AvgIpc) is 2.34. The third-order valence-corrected chi connectivity index (χ3v) is 3.67. The molecule has 0 radical (unpaired) electrons. The third-order valence-electron chi connectivity index (χ3n) is 3.33. The minimum atomic E-state index is -0.472. The highest BCUT2D eigenvalue weighted by Gasteiger charge is 2.28. The van der Waals surface area contributed by atoms with Crippen molar-refractivity contribution in [2.75, 3.05) is 7.05 Å². The van der Waals surface area contributed by atoms with Gasteiger partial charge in [0.25, 0.3) is 0 Å². The van der Waals surface area contributed by atoms with Crippen LogP contribution in [-0.4, -0.2) is 29.6 Å². The molecule has 4 heteroatoms. The van der Waals surface area contributed by atoms with Crippen LogP contribution >= 0.6 is 11.6 Å². The van der Waals surface area contributed by atoms with Gasteiger partial charge in [-0.2, -0.15) is 0 Å². The molecular weight excluding hydrogens is 274 g/mol. The summed E-state index contributed by atoms with van der Waals surface area (Å²) >= 11 is 6.21. The molecule has 20 heavy (non-hydrogen) atoms. The number of esters is 1. The first-order valence-corrected chi connectivity index (χ1v) is 7.20. The van der Waals surface area contributed by atoms with Crippen LogP contribution in [0, 0.1) is 0 Å². The first-order valence-electron chi connectivity index (χ1n) is 6.82. The summed E-state index contributed by atoms with van der Waals surface area (Å²) in [6.45, 7) is 9.49. The number of halogens is 1. The molecule has 1 aromatic rings. The predicted octanol–water partition coefficient (Wildman–Crippen LogP) is 4.06. The summed E-state index contributed by atoms with van der Waals surface area (Å²) in [5.74, 6) is -0.223. The van der Waals surface area contributed by atoms with E-state index < -0.39 is 5.60 Å². The number of ether oxygens (including phenoxy) is 1. The summed E-state index contributed by atoms with van der Waals surface area (Å²) in [5.41, 5.74) is 0.534.